The number of aliphatic hydroxyl groups is 1. The number of carbonyl (C=O) groups is 5. The molecule has 4 amide bonds. The van der Waals surface area contributed by atoms with Gasteiger partial charge in [0.2, 0.25) is 23.6 Å². The van der Waals surface area contributed by atoms with E-state index in [1.807, 2.05) is 30.3 Å². The second kappa shape index (κ2) is 14.7. The molecule has 226 valence electrons. The molecule has 0 aliphatic carbocycles. The summed E-state index contributed by atoms with van der Waals surface area (Å²) in [5, 5.41) is 17.9. The number of imidazole rings is 1. The van der Waals surface area contributed by atoms with E-state index in [0.29, 0.717) is 44.3 Å². The highest BCUT2D eigenvalue weighted by Gasteiger charge is 2.40. The van der Waals surface area contributed by atoms with Gasteiger partial charge in [-0.3, -0.25) is 24.0 Å². The van der Waals surface area contributed by atoms with Crippen LogP contribution in [0.1, 0.15) is 63.1 Å². The first-order chi connectivity index (χ1) is 20.2. The van der Waals surface area contributed by atoms with Crippen molar-refractivity contribution in [3.05, 3.63) is 54.1 Å². The molecule has 1 aromatic carbocycles. The van der Waals surface area contributed by atoms with Crippen LogP contribution < -0.4 is 16.0 Å². The minimum absolute atomic E-state index is 0.109. The van der Waals surface area contributed by atoms with Crippen LogP contribution >= 0.6 is 0 Å². The number of H-pyrrole nitrogens is 1. The fraction of sp³-hybridized carbons (Fsp3) is 0.533. The molecular weight excluding hydrogens is 540 g/mol. The second-order valence-corrected chi connectivity index (χ2v) is 11.1. The Hall–Kier alpha value is -4.06. The third kappa shape index (κ3) is 8.25. The smallest absolute Gasteiger partial charge is 0.246 e. The van der Waals surface area contributed by atoms with Gasteiger partial charge < -0.3 is 30.9 Å². The summed E-state index contributed by atoms with van der Waals surface area (Å²) in [6, 6.07) is 5.70. The highest BCUT2D eigenvalue weighted by molar-refractivity contribution is 5.98. The standard InChI is InChI=1S/C30H40N6O6/c1-19(37)26(38)13-7-3-6-11-22-27(39)34-23(16-21-17-31-18-32-21)28(40)35-24(15-20-9-4-2-5-10-20)30(42)36-14-8-12-25(36)29(41)33-22/h2,4-5,9-10,17-19,22-25,37H,3,6-8,11-16H2,1H3,(H,31,32)(H,33,41)(H,34,39)(H,35,40)/t19-,22-,23-,24-,25-/m0/s1. The van der Waals surface area contributed by atoms with Crippen molar-refractivity contribution in [3.63, 3.8) is 0 Å². The summed E-state index contributed by atoms with van der Waals surface area (Å²) in [7, 11) is 0. The maximum absolute atomic E-state index is 13.8. The van der Waals surface area contributed by atoms with E-state index in [1.54, 1.807) is 6.20 Å². The Morgan fingerprint density at radius 2 is 1.67 bits per heavy atom. The molecule has 5 atom stereocenters. The lowest BCUT2D eigenvalue weighted by molar-refractivity contribution is -0.143. The molecule has 0 radical (unpaired) electrons. The minimum atomic E-state index is -1.03. The lowest BCUT2D eigenvalue weighted by Crippen LogP contribution is -2.62. The Kier molecular flexibility index (Phi) is 10.8. The molecule has 5 N–H and O–H groups in total. The first-order valence-corrected chi connectivity index (χ1v) is 14.7. The molecule has 2 fully saturated rings. The molecule has 0 bridgehead atoms. The topological polar surface area (TPSA) is 174 Å². The van der Waals surface area contributed by atoms with Gasteiger partial charge in [0.1, 0.15) is 30.3 Å². The Morgan fingerprint density at radius 3 is 2.38 bits per heavy atom. The number of unbranched alkanes of at least 4 members (excludes halogenated alkanes) is 2. The predicted molar refractivity (Wildman–Crippen MR) is 153 cm³/mol. The number of amides is 4. The lowest BCUT2D eigenvalue weighted by atomic mass is 10.0. The molecule has 2 aromatic rings. The van der Waals surface area contributed by atoms with Crippen molar-refractivity contribution in [2.75, 3.05) is 6.54 Å². The maximum atomic E-state index is 13.8. The van der Waals surface area contributed by atoms with Gasteiger partial charge in [0.15, 0.2) is 5.78 Å². The van der Waals surface area contributed by atoms with Crippen molar-refractivity contribution >= 4 is 29.4 Å². The van der Waals surface area contributed by atoms with Crippen molar-refractivity contribution in [1.82, 2.24) is 30.8 Å². The fourth-order valence-electron chi connectivity index (χ4n) is 5.49. The summed E-state index contributed by atoms with van der Waals surface area (Å²) < 4.78 is 0. The number of benzene rings is 1. The molecule has 4 rings (SSSR count). The first-order valence-electron chi connectivity index (χ1n) is 14.7. The van der Waals surface area contributed by atoms with Gasteiger partial charge in [-0.05, 0) is 38.2 Å². The predicted octanol–water partition coefficient (Wildman–Crippen LogP) is 0.554. The zero-order chi connectivity index (χ0) is 30.1. The van der Waals surface area contributed by atoms with Crippen LogP contribution in [0, 0.1) is 0 Å². The molecule has 0 saturated carbocycles. The van der Waals surface area contributed by atoms with E-state index < -0.39 is 48.0 Å². The van der Waals surface area contributed by atoms with Gasteiger partial charge in [0.05, 0.1) is 6.33 Å². The molecular formula is C30H40N6O6. The van der Waals surface area contributed by atoms with E-state index in [-0.39, 0.29) is 37.4 Å². The molecule has 42 heavy (non-hydrogen) atoms. The molecule has 3 heterocycles. The molecule has 2 aliphatic rings. The Balaban J connectivity index is 1.56. The lowest BCUT2D eigenvalue weighted by Gasteiger charge is -2.32. The van der Waals surface area contributed by atoms with E-state index in [9.17, 15) is 29.1 Å². The van der Waals surface area contributed by atoms with Gasteiger partial charge in [0.25, 0.3) is 0 Å². The summed E-state index contributed by atoms with van der Waals surface area (Å²) in [6.07, 6.45) is 5.69. The van der Waals surface area contributed by atoms with Crippen LogP contribution in [0.2, 0.25) is 0 Å². The molecule has 1 aromatic heterocycles. The van der Waals surface area contributed by atoms with Crippen molar-refractivity contribution < 1.29 is 29.1 Å². The number of Topliss-reactive ketones (excluding diaryl/α,β-unsaturated/α-hetero) is 1. The first kappa shape index (κ1) is 30.9. The average molecular weight is 581 g/mol. The van der Waals surface area contributed by atoms with Crippen molar-refractivity contribution in [2.24, 2.45) is 0 Å². The van der Waals surface area contributed by atoms with E-state index in [4.69, 9.17) is 0 Å². The van der Waals surface area contributed by atoms with Crippen LogP contribution in [-0.2, 0) is 36.8 Å². The fourth-order valence-corrected chi connectivity index (χ4v) is 5.49. The molecule has 12 heteroatoms. The summed E-state index contributed by atoms with van der Waals surface area (Å²) in [5.74, 6) is -1.99. The number of carbonyl (C=O) groups excluding carboxylic acids is 5. The number of hydrogen-bond donors (Lipinski definition) is 5. The van der Waals surface area contributed by atoms with Crippen molar-refractivity contribution in [2.45, 2.75) is 95.0 Å². The average Bonchev–Trinajstić information content (AvgIpc) is 3.67. The zero-order valence-electron chi connectivity index (χ0n) is 23.9. The summed E-state index contributed by atoms with van der Waals surface area (Å²) in [5.41, 5.74) is 1.48. The number of nitrogens with one attached hydrogen (secondary N) is 4. The number of hydrogen-bond acceptors (Lipinski definition) is 7. The van der Waals surface area contributed by atoms with E-state index in [2.05, 4.69) is 25.9 Å². The summed E-state index contributed by atoms with van der Waals surface area (Å²) >= 11 is 0. The SMILES string of the molecule is C[C@H](O)C(=O)CCCCC[C@@H]1NC(=O)[C@@H]2CCCN2C(=O)[C@H](Cc2ccccc2)NC(=O)[C@H](Cc2cnc[nH]2)NC1=O. The molecule has 2 saturated heterocycles. The summed E-state index contributed by atoms with van der Waals surface area (Å²) in [4.78, 5) is 74.7. The third-order valence-electron chi connectivity index (χ3n) is 7.86. The van der Waals surface area contributed by atoms with Crippen LogP contribution in [0.5, 0.6) is 0 Å². The van der Waals surface area contributed by atoms with Gasteiger partial charge in [-0.1, -0.05) is 43.2 Å². The number of aromatic amines is 1. The number of aromatic nitrogens is 2. The Labute approximate surface area is 245 Å². The summed E-state index contributed by atoms with van der Waals surface area (Å²) in [6.45, 7) is 1.81. The minimum Gasteiger partial charge on any atom is -0.386 e. The van der Waals surface area contributed by atoms with E-state index in [0.717, 1.165) is 5.56 Å². The van der Waals surface area contributed by atoms with Gasteiger partial charge in [-0.2, -0.15) is 0 Å². The monoisotopic (exact) mass is 580 g/mol. The number of aliphatic hydroxyl groups excluding tert-OH is 1. The van der Waals surface area contributed by atoms with Crippen LogP contribution in [0.3, 0.4) is 0 Å². The number of fused-ring (bicyclic) bond motifs is 1. The molecule has 0 unspecified atom stereocenters. The van der Waals surface area contributed by atoms with Gasteiger partial charge in [-0.15, -0.1) is 0 Å². The van der Waals surface area contributed by atoms with Crippen molar-refractivity contribution in [3.8, 4) is 0 Å². The van der Waals surface area contributed by atoms with Crippen LogP contribution in [0.15, 0.2) is 42.9 Å². The molecule has 2 aliphatic heterocycles. The van der Waals surface area contributed by atoms with Gasteiger partial charge >= 0.3 is 0 Å². The van der Waals surface area contributed by atoms with Crippen molar-refractivity contribution in [1.29, 1.82) is 0 Å². The van der Waals surface area contributed by atoms with Crippen LogP contribution in [-0.4, -0.2) is 86.2 Å². The number of nitrogens with zero attached hydrogens (tertiary/aromatic N) is 2. The maximum Gasteiger partial charge on any atom is 0.246 e. The number of ketones is 1. The Morgan fingerprint density at radius 1 is 0.952 bits per heavy atom. The third-order valence-corrected chi connectivity index (χ3v) is 7.86. The molecule has 0 spiro atoms. The largest absolute Gasteiger partial charge is 0.386 e. The highest BCUT2D eigenvalue weighted by atomic mass is 16.3. The second-order valence-electron chi connectivity index (χ2n) is 11.1. The zero-order valence-corrected chi connectivity index (χ0v) is 23.9. The van der Waals surface area contributed by atoms with Gasteiger partial charge in [0, 0.05) is 37.7 Å². The normalized spacial score (nSPS) is 24.1. The van der Waals surface area contributed by atoms with Gasteiger partial charge in [-0.25, -0.2) is 4.98 Å². The van der Waals surface area contributed by atoms with Crippen LogP contribution in [0.4, 0.5) is 0 Å². The molecule has 12 nitrogen and oxygen atoms in total. The van der Waals surface area contributed by atoms with Crippen LogP contribution in [0.25, 0.3) is 0 Å². The van der Waals surface area contributed by atoms with E-state index >= 15 is 0 Å². The Bertz CT molecular complexity index is 1230. The highest BCUT2D eigenvalue weighted by Crippen LogP contribution is 2.21. The quantitative estimate of drug-likeness (QED) is 0.241. The van der Waals surface area contributed by atoms with E-state index in [1.165, 1.54) is 18.2 Å². The number of rotatable bonds is 11.